The van der Waals surface area contributed by atoms with Crippen LogP contribution in [0.5, 0.6) is 0 Å². The molecule has 0 bridgehead atoms. The molecular weight excluding hydrogens is 304 g/mol. The Hall–Kier alpha value is -1.88. The normalized spacial score (nSPS) is 17.3. The summed E-state index contributed by atoms with van der Waals surface area (Å²) < 4.78 is 5.24. The van der Waals surface area contributed by atoms with Crippen LogP contribution in [0.1, 0.15) is 30.9 Å². The predicted molar refractivity (Wildman–Crippen MR) is 93.7 cm³/mol. The smallest absolute Gasteiger partial charge is 0.225 e. The highest BCUT2D eigenvalue weighted by Gasteiger charge is 2.33. The third-order valence-corrected chi connectivity index (χ3v) is 4.35. The van der Waals surface area contributed by atoms with E-state index < -0.39 is 0 Å². The monoisotopic (exact) mass is 332 g/mol. The number of nitrogens with one attached hydrogen (secondary N) is 1. The number of nitrogens with zero attached hydrogens (tertiary/aromatic N) is 1. The topological polar surface area (TPSA) is 58.6 Å². The van der Waals surface area contributed by atoms with Crippen molar-refractivity contribution in [1.29, 1.82) is 0 Å². The van der Waals surface area contributed by atoms with Crippen molar-refractivity contribution in [3.8, 4) is 0 Å². The highest BCUT2D eigenvalue weighted by atomic mass is 16.5. The summed E-state index contributed by atoms with van der Waals surface area (Å²) in [4.78, 5) is 26.1. The number of aryl methyl sites for hydroxylation is 1. The summed E-state index contributed by atoms with van der Waals surface area (Å²) in [5.41, 5.74) is 2.45. The van der Waals surface area contributed by atoms with Crippen LogP contribution < -0.4 is 5.32 Å². The Morgan fingerprint density at radius 2 is 2.08 bits per heavy atom. The molecule has 1 aromatic rings. The first-order valence-electron chi connectivity index (χ1n) is 8.79. The van der Waals surface area contributed by atoms with Crippen molar-refractivity contribution in [3.05, 3.63) is 35.4 Å². The molecule has 0 radical (unpaired) electrons. The highest BCUT2D eigenvalue weighted by molar-refractivity contribution is 5.89. The molecule has 5 heteroatoms. The first kappa shape index (κ1) is 18.5. The molecule has 0 unspecified atom stereocenters. The fraction of sp³-hybridized carbons (Fsp3) is 0.579. The molecule has 5 nitrogen and oxygen atoms in total. The molecule has 1 fully saturated rings. The Bertz CT molecular complexity index is 542. The number of amides is 2. The van der Waals surface area contributed by atoms with E-state index in [0.717, 1.165) is 12.8 Å². The number of carbonyl (C=O) groups is 2. The van der Waals surface area contributed by atoms with Gasteiger partial charge in [0.15, 0.2) is 0 Å². The van der Waals surface area contributed by atoms with E-state index >= 15 is 0 Å². The van der Waals surface area contributed by atoms with Gasteiger partial charge in [-0.15, -0.1) is 0 Å². The summed E-state index contributed by atoms with van der Waals surface area (Å²) in [5, 5.41) is 2.91. The molecule has 0 aliphatic carbocycles. The minimum Gasteiger partial charge on any atom is -0.382 e. The number of benzene rings is 1. The quantitative estimate of drug-likeness (QED) is 0.703. The number of carbonyl (C=O) groups excluding carboxylic acids is 2. The lowest BCUT2D eigenvalue weighted by Crippen LogP contribution is -2.34. The van der Waals surface area contributed by atoms with Gasteiger partial charge in [0.2, 0.25) is 11.8 Å². The lowest BCUT2D eigenvalue weighted by Gasteiger charge is -2.16. The van der Waals surface area contributed by atoms with Crippen molar-refractivity contribution in [2.24, 2.45) is 5.92 Å². The maximum absolute atomic E-state index is 12.2. The zero-order valence-electron chi connectivity index (χ0n) is 14.7. The minimum atomic E-state index is -0.220. The van der Waals surface area contributed by atoms with E-state index in [1.807, 2.05) is 11.8 Å². The molecule has 1 N–H and O–H groups in total. The van der Waals surface area contributed by atoms with Crippen LogP contribution in [-0.4, -0.2) is 49.6 Å². The van der Waals surface area contributed by atoms with Gasteiger partial charge in [0.1, 0.15) is 0 Å². The first-order valence-corrected chi connectivity index (χ1v) is 8.79. The average Bonchev–Trinajstić information content (AvgIpc) is 2.95. The summed E-state index contributed by atoms with van der Waals surface area (Å²) in [7, 11) is 0. The van der Waals surface area contributed by atoms with Crippen molar-refractivity contribution < 1.29 is 14.3 Å². The molecule has 24 heavy (non-hydrogen) atoms. The van der Waals surface area contributed by atoms with Gasteiger partial charge in [0, 0.05) is 39.3 Å². The van der Waals surface area contributed by atoms with Gasteiger partial charge < -0.3 is 15.0 Å². The fourth-order valence-electron chi connectivity index (χ4n) is 2.86. The average molecular weight is 332 g/mol. The van der Waals surface area contributed by atoms with Crippen molar-refractivity contribution in [2.75, 3.05) is 32.8 Å². The summed E-state index contributed by atoms with van der Waals surface area (Å²) in [6.45, 7) is 7.17. The second-order valence-corrected chi connectivity index (χ2v) is 6.32. The van der Waals surface area contributed by atoms with Gasteiger partial charge >= 0.3 is 0 Å². The molecule has 1 saturated heterocycles. The van der Waals surface area contributed by atoms with Crippen molar-refractivity contribution in [3.63, 3.8) is 0 Å². The van der Waals surface area contributed by atoms with E-state index in [1.165, 1.54) is 11.1 Å². The molecule has 2 amide bonds. The summed E-state index contributed by atoms with van der Waals surface area (Å²) in [5.74, 6) is -0.156. The Balaban J connectivity index is 1.72. The number of ether oxygens (including phenoxy) is 1. The van der Waals surface area contributed by atoms with Crippen LogP contribution in [0.3, 0.4) is 0 Å². The van der Waals surface area contributed by atoms with E-state index in [-0.39, 0.29) is 17.7 Å². The first-order chi connectivity index (χ1) is 11.6. The Morgan fingerprint density at radius 1 is 1.33 bits per heavy atom. The molecule has 1 heterocycles. The predicted octanol–water partition coefficient (Wildman–Crippen LogP) is 1.93. The number of hydrogen-bond acceptors (Lipinski definition) is 3. The van der Waals surface area contributed by atoms with Crippen molar-refractivity contribution >= 4 is 11.8 Å². The molecule has 1 aliphatic rings. The maximum atomic E-state index is 12.2. The number of hydrogen-bond donors (Lipinski definition) is 1. The van der Waals surface area contributed by atoms with Gasteiger partial charge in [-0.1, -0.05) is 29.8 Å². The molecule has 132 valence electrons. The summed E-state index contributed by atoms with van der Waals surface area (Å²) >= 11 is 0. The number of likely N-dealkylation sites (tertiary alicyclic amines) is 1. The lowest BCUT2D eigenvalue weighted by atomic mass is 10.1. The van der Waals surface area contributed by atoms with Crippen LogP contribution in [0.2, 0.25) is 0 Å². The molecule has 0 spiro atoms. The van der Waals surface area contributed by atoms with Gasteiger partial charge in [0.25, 0.3) is 0 Å². The molecule has 1 aromatic carbocycles. The van der Waals surface area contributed by atoms with Crippen LogP contribution >= 0.6 is 0 Å². The van der Waals surface area contributed by atoms with E-state index in [2.05, 4.69) is 36.5 Å². The van der Waals surface area contributed by atoms with Gasteiger partial charge in [-0.3, -0.25) is 9.59 Å². The zero-order chi connectivity index (χ0) is 17.4. The van der Waals surface area contributed by atoms with E-state index in [0.29, 0.717) is 39.3 Å². The molecule has 1 aliphatic heterocycles. The van der Waals surface area contributed by atoms with Gasteiger partial charge in [-0.2, -0.15) is 0 Å². The van der Waals surface area contributed by atoms with Gasteiger partial charge in [0.05, 0.1) is 5.92 Å². The van der Waals surface area contributed by atoms with Crippen LogP contribution in [0.25, 0.3) is 0 Å². The lowest BCUT2D eigenvalue weighted by molar-refractivity contribution is -0.129. The van der Waals surface area contributed by atoms with Crippen LogP contribution in [0, 0.1) is 12.8 Å². The van der Waals surface area contributed by atoms with Crippen LogP contribution in [0.15, 0.2) is 24.3 Å². The molecule has 2 rings (SSSR count). The molecule has 0 saturated carbocycles. The molecule has 0 aromatic heterocycles. The van der Waals surface area contributed by atoms with E-state index in [4.69, 9.17) is 4.74 Å². The van der Waals surface area contributed by atoms with Crippen molar-refractivity contribution in [2.45, 2.75) is 33.1 Å². The highest BCUT2D eigenvalue weighted by Crippen LogP contribution is 2.18. The second-order valence-electron chi connectivity index (χ2n) is 6.32. The largest absolute Gasteiger partial charge is 0.382 e. The SMILES string of the molecule is CCOCCCNC(=O)[C@H]1CC(=O)N(CCc2ccc(C)cc2)C1. The van der Waals surface area contributed by atoms with E-state index in [9.17, 15) is 9.59 Å². The third-order valence-electron chi connectivity index (χ3n) is 4.35. The molecular formula is C19H28N2O3. The minimum absolute atomic E-state index is 0.0160. The summed E-state index contributed by atoms with van der Waals surface area (Å²) in [6.07, 6.45) is 1.96. The standard InChI is InChI=1S/C19H28N2O3/c1-3-24-12-4-10-20-19(23)17-13-18(22)21(14-17)11-9-16-7-5-15(2)6-8-16/h5-8,17H,3-4,9-14H2,1-2H3,(H,20,23)/t17-/m0/s1. The van der Waals surface area contributed by atoms with E-state index in [1.54, 1.807) is 0 Å². The van der Waals surface area contributed by atoms with Gasteiger partial charge in [-0.25, -0.2) is 0 Å². The van der Waals surface area contributed by atoms with Crippen LogP contribution in [-0.2, 0) is 20.7 Å². The maximum Gasteiger partial charge on any atom is 0.225 e. The summed E-state index contributed by atoms with van der Waals surface area (Å²) in [6, 6.07) is 8.36. The molecule has 1 atom stereocenters. The second kappa shape index (κ2) is 9.42. The van der Waals surface area contributed by atoms with Crippen molar-refractivity contribution in [1.82, 2.24) is 10.2 Å². The number of rotatable bonds is 9. The third kappa shape index (κ3) is 5.64. The zero-order valence-corrected chi connectivity index (χ0v) is 14.7. The Morgan fingerprint density at radius 3 is 2.79 bits per heavy atom. The Labute approximate surface area is 144 Å². The fourth-order valence-corrected chi connectivity index (χ4v) is 2.86. The van der Waals surface area contributed by atoms with Crippen LogP contribution in [0.4, 0.5) is 0 Å². The van der Waals surface area contributed by atoms with Gasteiger partial charge in [-0.05, 0) is 32.3 Å². The Kier molecular flexibility index (Phi) is 7.25.